The van der Waals surface area contributed by atoms with Crippen molar-refractivity contribution in [2.24, 2.45) is 0 Å². The molecule has 0 saturated carbocycles. The summed E-state index contributed by atoms with van der Waals surface area (Å²) in [5.74, 6) is 0.575. The lowest BCUT2D eigenvalue weighted by atomic mass is 10.1. The summed E-state index contributed by atoms with van der Waals surface area (Å²) < 4.78 is 5.71. The number of nitrogens with one attached hydrogen (secondary N) is 2. The maximum absolute atomic E-state index is 12.3. The molecule has 0 radical (unpaired) electrons. The molecule has 0 atom stereocenters. The number of urea groups is 1. The minimum absolute atomic E-state index is 0.0312. The Labute approximate surface area is 173 Å². The molecule has 2 aromatic rings. The molecule has 156 valence electrons. The van der Waals surface area contributed by atoms with E-state index in [2.05, 4.69) is 16.7 Å². The van der Waals surface area contributed by atoms with Gasteiger partial charge in [-0.25, -0.2) is 4.79 Å². The summed E-state index contributed by atoms with van der Waals surface area (Å²) in [6.07, 6.45) is 0. The molecule has 0 unspecified atom stereocenters. The molecule has 0 spiro atoms. The molecule has 3 amide bonds. The normalized spacial score (nSPS) is 10.4. The molecule has 0 heterocycles. The fourth-order valence-corrected chi connectivity index (χ4v) is 3.26. The van der Waals surface area contributed by atoms with Crippen molar-refractivity contribution in [1.29, 1.82) is 0 Å². The third-order valence-corrected chi connectivity index (χ3v) is 4.64. The monoisotopic (exact) mass is 397 g/mol. The van der Waals surface area contributed by atoms with E-state index >= 15 is 0 Å². The lowest BCUT2D eigenvalue weighted by Gasteiger charge is -2.19. The molecule has 2 N–H and O–H groups in total. The number of likely N-dealkylation sites (N-methyl/N-ethyl adjacent to an activating group) is 1. The van der Waals surface area contributed by atoms with Gasteiger partial charge in [-0.1, -0.05) is 35.4 Å². The van der Waals surface area contributed by atoms with Gasteiger partial charge in [-0.2, -0.15) is 0 Å². The van der Waals surface area contributed by atoms with E-state index in [1.807, 2.05) is 58.9 Å². The predicted molar refractivity (Wildman–Crippen MR) is 117 cm³/mol. The lowest BCUT2D eigenvalue weighted by molar-refractivity contribution is -0.116. The second-order valence-corrected chi connectivity index (χ2v) is 7.53. The van der Waals surface area contributed by atoms with E-state index in [1.165, 1.54) is 10.5 Å². The number of anilines is 1. The minimum atomic E-state index is -0.318. The number of ether oxygens (including phenoxy) is 1. The van der Waals surface area contributed by atoms with Crippen molar-refractivity contribution in [2.45, 2.75) is 34.6 Å². The Morgan fingerprint density at radius 3 is 2.17 bits per heavy atom. The van der Waals surface area contributed by atoms with E-state index in [0.29, 0.717) is 13.2 Å². The van der Waals surface area contributed by atoms with Crippen LogP contribution in [0.4, 0.5) is 10.5 Å². The molecule has 0 aliphatic heterocycles. The molecule has 6 heteroatoms. The van der Waals surface area contributed by atoms with Crippen molar-refractivity contribution in [3.63, 3.8) is 0 Å². The Kier molecular flexibility index (Phi) is 7.65. The fourth-order valence-electron chi connectivity index (χ4n) is 3.26. The third-order valence-electron chi connectivity index (χ3n) is 4.64. The number of hydrogen-bond donors (Lipinski definition) is 2. The molecule has 2 aromatic carbocycles. The zero-order chi connectivity index (χ0) is 21.6. The van der Waals surface area contributed by atoms with Gasteiger partial charge in [0.15, 0.2) is 0 Å². The zero-order valence-electron chi connectivity index (χ0n) is 18.2. The molecule has 2 rings (SSSR count). The zero-order valence-corrected chi connectivity index (χ0v) is 18.2. The van der Waals surface area contributed by atoms with Gasteiger partial charge >= 0.3 is 6.03 Å². The van der Waals surface area contributed by atoms with Crippen LogP contribution in [0.15, 0.2) is 30.3 Å². The Morgan fingerprint density at radius 2 is 1.55 bits per heavy atom. The summed E-state index contributed by atoms with van der Waals surface area (Å²) in [6.45, 7) is 10.6. The van der Waals surface area contributed by atoms with Gasteiger partial charge in [0, 0.05) is 12.7 Å². The van der Waals surface area contributed by atoms with Crippen LogP contribution in [0.25, 0.3) is 0 Å². The second-order valence-electron chi connectivity index (χ2n) is 7.53. The highest BCUT2D eigenvalue weighted by Crippen LogP contribution is 2.22. The van der Waals surface area contributed by atoms with Crippen molar-refractivity contribution in [3.8, 4) is 5.75 Å². The fraction of sp³-hybridized carbons (Fsp3) is 0.391. The second kappa shape index (κ2) is 9.96. The van der Waals surface area contributed by atoms with Gasteiger partial charge < -0.3 is 20.3 Å². The van der Waals surface area contributed by atoms with Crippen LogP contribution >= 0.6 is 0 Å². The molecule has 29 heavy (non-hydrogen) atoms. The van der Waals surface area contributed by atoms with E-state index in [0.717, 1.165) is 33.7 Å². The number of rotatable bonds is 7. The molecule has 0 bridgehead atoms. The number of aryl methyl sites for hydroxylation is 5. The number of hydrogen-bond acceptors (Lipinski definition) is 3. The summed E-state index contributed by atoms with van der Waals surface area (Å²) in [4.78, 5) is 25.9. The maximum atomic E-state index is 12.3. The summed E-state index contributed by atoms with van der Waals surface area (Å²) in [5, 5.41) is 5.67. The van der Waals surface area contributed by atoms with Gasteiger partial charge in [0.25, 0.3) is 0 Å². The van der Waals surface area contributed by atoms with Crippen LogP contribution in [0.2, 0.25) is 0 Å². The van der Waals surface area contributed by atoms with E-state index in [-0.39, 0.29) is 18.5 Å². The van der Waals surface area contributed by atoms with Crippen LogP contribution < -0.4 is 15.4 Å². The highest BCUT2D eigenvalue weighted by molar-refractivity contribution is 5.95. The highest BCUT2D eigenvalue weighted by Gasteiger charge is 2.14. The SMILES string of the molecule is Cc1ccc(OCCNC(=O)N(C)CC(=O)Nc2c(C)cc(C)cc2C)c(C)c1. The molecule has 6 nitrogen and oxygen atoms in total. The number of carbonyl (C=O) groups excluding carboxylic acids is 2. The van der Waals surface area contributed by atoms with Gasteiger partial charge in [-0.15, -0.1) is 0 Å². The summed E-state index contributed by atoms with van der Waals surface area (Å²) >= 11 is 0. The smallest absolute Gasteiger partial charge is 0.317 e. The Bertz CT molecular complexity index is 870. The Hall–Kier alpha value is -3.02. The van der Waals surface area contributed by atoms with E-state index in [9.17, 15) is 9.59 Å². The molecular formula is C23H31N3O3. The van der Waals surface area contributed by atoms with Crippen molar-refractivity contribution < 1.29 is 14.3 Å². The molecule has 0 aliphatic rings. The molecule has 0 saturated heterocycles. The number of carbonyl (C=O) groups is 2. The van der Waals surface area contributed by atoms with Crippen molar-refractivity contribution in [1.82, 2.24) is 10.2 Å². The average Bonchev–Trinajstić information content (AvgIpc) is 2.63. The number of nitrogens with zero attached hydrogens (tertiary/aromatic N) is 1. The molecule has 0 aromatic heterocycles. The van der Waals surface area contributed by atoms with Gasteiger partial charge in [-0.3, -0.25) is 4.79 Å². The van der Waals surface area contributed by atoms with Gasteiger partial charge in [0.1, 0.15) is 18.9 Å². The Morgan fingerprint density at radius 1 is 0.931 bits per heavy atom. The lowest BCUT2D eigenvalue weighted by Crippen LogP contribution is -2.42. The van der Waals surface area contributed by atoms with Crippen molar-refractivity contribution >= 4 is 17.6 Å². The first-order valence-electron chi connectivity index (χ1n) is 9.74. The van der Waals surface area contributed by atoms with E-state index in [4.69, 9.17) is 4.74 Å². The first kappa shape index (κ1) is 22.3. The topological polar surface area (TPSA) is 70.7 Å². The van der Waals surface area contributed by atoms with Gasteiger partial charge in [0.2, 0.25) is 5.91 Å². The van der Waals surface area contributed by atoms with Crippen LogP contribution in [0.1, 0.15) is 27.8 Å². The molecule has 0 aliphatic carbocycles. The maximum Gasteiger partial charge on any atom is 0.317 e. The van der Waals surface area contributed by atoms with Gasteiger partial charge in [0.05, 0.1) is 6.54 Å². The van der Waals surface area contributed by atoms with E-state index in [1.54, 1.807) is 7.05 Å². The largest absolute Gasteiger partial charge is 0.491 e. The van der Waals surface area contributed by atoms with Crippen LogP contribution in [0.3, 0.4) is 0 Å². The van der Waals surface area contributed by atoms with Crippen LogP contribution in [0.5, 0.6) is 5.75 Å². The molecule has 0 fully saturated rings. The molecular weight excluding hydrogens is 366 g/mol. The quantitative estimate of drug-likeness (QED) is 0.697. The minimum Gasteiger partial charge on any atom is -0.491 e. The average molecular weight is 398 g/mol. The first-order chi connectivity index (χ1) is 13.7. The highest BCUT2D eigenvalue weighted by atomic mass is 16.5. The predicted octanol–water partition coefficient (Wildman–Crippen LogP) is 3.89. The summed E-state index contributed by atoms with van der Waals surface area (Å²) in [7, 11) is 1.59. The standard InChI is InChI=1S/C23H31N3O3/c1-15-7-8-20(17(3)11-15)29-10-9-24-23(28)26(6)14-21(27)25-22-18(4)12-16(2)13-19(22)5/h7-8,11-13H,9-10,14H2,1-6H3,(H,24,28)(H,25,27). The number of amides is 3. The van der Waals surface area contributed by atoms with Crippen molar-refractivity contribution in [2.75, 3.05) is 32.1 Å². The van der Waals surface area contributed by atoms with Crippen LogP contribution in [-0.2, 0) is 4.79 Å². The third kappa shape index (κ3) is 6.52. The number of benzene rings is 2. The van der Waals surface area contributed by atoms with Crippen LogP contribution in [0, 0.1) is 34.6 Å². The van der Waals surface area contributed by atoms with Crippen LogP contribution in [-0.4, -0.2) is 43.6 Å². The first-order valence-corrected chi connectivity index (χ1v) is 9.74. The van der Waals surface area contributed by atoms with E-state index < -0.39 is 0 Å². The Balaban J connectivity index is 1.77. The summed E-state index contributed by atoms with van der Waals surface area (Å²) in [6, 6.07) is 9.70. The van der Waals surface area contributed by atoms with Crippen molar-refractivity contribution in [3.05, 3.63) is 58.1 Å². The summed E-state index contributed by atoms with van der Waals surface area (Å²) in [5.41, 5.74) is 6.21. The van der Waals surface area contributed by atoms with Gasteiger partial charge in [-0.05, 0) is 57.4 Å².